The molecular formula is C22H39N5O11. The fourth-order valence-corrected chi connectivity index (χ4v) is 1.77. The van der Waals surface area contributed by atoms with Gasteiger partial charge in [-0.1, -0.05) is 26.0 Å². The summed E-state index contributed by atoms with van der Waals surface area (Å²) in [5.74, 6) is -4.87. The van der Waals surface area contributed by atoms with Gasteiger partial charge in [0, 0.05) is 0 Å². The highest BCUT2D eigenvalue weighted by molar-refractivity contribution is 5.83. The minimum absolute atomic E-state index is 0.0208. The molecule has 0 saturated carbocycles. The van der Waals surface area contributed by atoms with Crippen LogP contribution in [0.5, 0.6) is 5.75 Å². The Morgan fingerprint density at radius 2 is 1.11 bits per heavy atom. The molecule has 5 atom stereocenters. The molecule has 0 unspecified atom stereocenters. The normalized spacial score (nSPS) is 13.8. The van der Waals surface area contributed by atoms with E-state index in [1.165, 1.54) is 19.1 Å². The van der Waals surface area contributed by atoms with E-state index < -0.39 is 60.1 Å². The summed E-state index contributed by atoms with van der Waals surface area (Å²) in [6.45, 7) is 4.89. The van der Waals surface area contributed by atoms with E-state index in [-0.39, 0.29) is 24.5 Å². The van der Waals surface area contributed by atoms with Gasteiger partial charge in [-0.2, -0.15) is 0 Å². The number of nitrogens with two attached hydrogens (primary N) is 5. The molecule has 16 nitrogen and oxygen atoms in total. The van der Waals surface area contributed by atoms with Gasteiger partial charge in [0.1, 0.15) is 29.9 Å². The van der Waals surface area contributed by atoms with Gasteiger partial charge < -0.3 is 59.3 Å². The Kier molecular flexibility index (Phi) is 20.6. The summed E-state index contributed by atoms with van der Waals surface area (Å²) < 4.78 is 0. The number of amides is 1. The minimum Gasteiger partial charge on any atom is -0.508 e. The van der Waals surface area contributed by atoms with Crippen LogP contribution < -0.4 is 28.7 Å². The maximum absolute atomic E-state index is 10.4. The zero-order valence-electron chi connectivity index (χ0n) is 21.3. The maximum atomic E-state index is 10.4. The first kappa shape index (κ1) is 38.7. The van der Waals surface area contributed by atoms with E-state index in [2.05, 4.69) is 5.73 Å². The molecule has 0 fully saturated rings. The summed E-state index contributed by atoms with van der Waals surface area (Å²) >= 11 is 0. The Morgan fingerprint density at radius 3 is 1.29 bits per heavy atom. The van der Waals surface area contributed by atoms with Crippen LogP contribution in [0, 0.1) is 5.92 Å². The molecule has 38 heavy (non-hydrogen) atoms. The Morgan fingerprint density at radius 1 is 0.711 bits per heavy atom. The number of carbonyl (C=O) groups excluding carboxylic acids is 1. The average Bonchev–Trinajstić information content (AvgIpc) is 2.79. The van der Waals surface area contributed by atoms with E-state index in [1.54, 1.807) is 26.0 Å². The highest BCUT2D eigenvalue weighted by Crippen LogP contribution is 2.10. The molecule has 16 N–H and O–H groups in total. The van der Waals surface area contributed by atoms with E-state index in [0.717, 1.165) is 5.56 Å². The number of benzene rings is 1. The number of carboxylic acids is 4. The van der Waals surface area contributed by atoms with E-state index >= 15 is 0 Å². The van der Waals surface area contributed by atoms with Gasteiger partial charge in [-0.15, -0.1) is 0 Å². The highest BCUT2D eigenvalue weighted by Gasteiger charge is 2.16. The molecule has 0 aliphatic heterocycles. The van der Waals surface area contributed by atoms with E-state index in [0.29, 0.717) is 0 Å². The molecule has 0 spiro atoms. The van der Waals surface area contributed by atoms with Gasteiger partial charge in [-0.05, 0) is 37.0 Å². The third kappa shape index (κ3) is 21.5. The lowest BCUT2D eigenvalue weighted by Crippen LogP contribution is -2.39. The number of hydrogen-bond donors (Lipinski definition) is 11. The molecule has 1 aromatic carbocycles. The lowest BCUT2D eigenvalue weighted by atomic mass is 10.1. The quantitative estimate of drug-likeness (QED) is 0.143. The van der Waals surface area contributed by atoms with Gasteiger partial charge in [0.25, 0.3) is 0 Å². The first-order valence-corrected chi connectivity index (χ1v) is 10.9. The second-order valence-corrected chi connectivity index (χ2v) is 8.14. The van der Waals surface area contributed by atoms with E-state index in [4.69, 9.17) is 53.6 Å². The van der Waals surface area contributed by atoms with Crippen molar-refractivity contribution < 1.29 is 54.6 Å². The summed E-state index contributed by atoms with van der Waals surface area (Å²) in [5, 5.41) is 50.4. The SMILES string of the molecule is CC(C)[C@H](N)C(=O)O.C[C@@H](O)[C@H](N)C(=O)O.NC(=O)C[C@H](N)C(=O)O.N[C@@H](Cc1ccc(O)cc1)C(=O)O. The number of rotatable bonds is 10. The maximum Gasteiger partial charge on any atom is 0.323 e. The first-order chi connectivity index (χ1) is 17.2. The topological polar surface area (TPSA) is 337 Å². The Balaban J connectivity index is -0.000000442. The monoisotopic (exact) mass is 549 g/mol. The Labute approximate surface area is 219 Å². The number of aliphatic carboxylic acids is 4. The molecule has 0 saturated heterocycles. The number of carbonyl (C=O) groups is 5. The van der Waals surface area contributed by atoms with Gasteiger partial charge in [-0.3, -0.25) is 24.0 Å². The van der Waals surface area contributed by atoms with Crippen molar-refractivity contribution in [2.24, 2.45) is 34.6 Å². The lowest BCUT2D eigenvalue weighted by Gasteiger charge is -2.07. The van der Waals surface area contributed by atoms with Gasteiger partial charge in [0.15, 0.2) is 0 Å². The van der Waals surface area contributed by atoms with Crippen molar-refractivity contribution in [3.05, 3.63) is 29.8 Å². The zero-order valence-corrected chi connectivity index (χ0v) is 21.3. The molecule has 16 heteroatoms. The second kappa shape index (κ2) is 20.3. The molecule has 0 aliphatic rings. The van der Waals surface area contributed by atoms with Crippen LogP contribution in [0.4, 0.5) is 0 Å². The van der Waals surface area contributed by atoms with Crippen LogP contribution in [0.25, 0.3) is 0 Å². The molecule has 0 aromatic heterocycles. The number of aliphatic hydroxyl groups is 1. The molecule has 218 valence electrons. The number of phenols is 1. The Bertz CT molecular complexity index is 855. The van der Waals surface area contributed by atoms with Crippen molar-refractivity contribution in [3.8, 4) is 5.75 Å². The lowest BCUT2D eigenvalue weighted by molar-refractivity contribution is -0.141. The number of phenolic OH excluding ortho intramolecular Hbond substituents is 1. The fraction of sp³-hybridized carbons (Fsp3) is 0.500. The number of aromatic hydroxyl groups is 1. The predicted octanol–water partition coefficient (Wildman–Crippen LogP) is -2.55. The highest BCUT2D eigenvalue weighted by atomic mass is 16.4. The van der Waals surface area contributed by atoms with Crippen molar-refractivity contribution in [3.63, 3.8) is 0 Å². The van der Waals surface area contributed by atoms with Crippen LogP contribution >= 0.6 is 0 Å². The van der Waals surface area contributed by atoms with Crippen molar-refractivity contribution in [1.29, 1.82) is 0 Å². The third-order valence-electron chi connectivity index (χ3n) is 4.26. The van der Waals surface area contributed by atoms with Crippen LogP contribution in [-0.4, -0.2) is 90.7 Å². The molecular weight excluding hydrogens is 510 g/mol. The van der Waals surface area contributed by atoms with Crippen molar-refractivity contribution >= 4 is 29.8 Å². The van der Waals surface area contributed by atoms with Crippen LogP contribution in [0.2, 0.25) is 0 Å². The largest absolute Gasteiger partial charge is 0.508 e. The molecule has 1 rings (SSSR count). The second-order valence-electron chi connectivity index (χ2n) is 8.14. The average molecular weight is 550 g/mol. The van der Waals surface area contributed by atoms with Crippen LogP contribution in [0.3, 0.4) is 0 Å². The summed E-state index contributed by atoms with van der Waals surface area (Å²) in [5.41, 5.74) is 25.8. The Hall–Kier alpha value is -3.83. The van der Waals surface area contributed by atoms with Crippen LogP contribution in [-0.2, 0) is 30.4 Å². The summed E-state index contributed by atoms with van der Waals surface area (Å²) in [4.78, 5) is 50.2. The number of primary amides is 1. The predicted molar refractivity (Wildman–Crippen MR) is 135 cm³/mol. The smallest absolute Gasteiger partial charge is 0.323 e. The molecule has 1 aromatic rings. The first-order valence-electron chi connectivity index (χ1n) is 10.9. The van der Waals surface area contributed by atoms with Crippen LogP contribution in [0.15, 0.2) is 24.3 Å². The van der Waals surface area contributed by atoms with Gasteiger partial charge in [0.2, 0.25) is 5.91 Å². The minimum atomic E-state index is -1.21. The summed E-state index contributed by atoms with van der Waals surface area (Å²) in [6, 6.07) is 2.39. The molecule has 1 amide bonds. The molecule has 0 heterocycles. The molecule has 0 aliphatic carbocycles. The standard InChI is InChI=1S/C9H11NO3.C5H11NO2.C4H8N2O3.C4H9NO3/c10-8(9(12)13)5-6-1-3-7(11)4-2-6;1-3(2)4(6)5(7)8;5-2(4(8)9)1-3(6)7;1-2(6)3(5)4(7)8/h1-4,8,11H,5,10H2,(H,12,13);3-4H,6H2,1-2H3,(H,7,8);2H,1,5H2,(H2,6,7)(H,8,9);2-3,6H,5H2,1H3,(H,7,8)/t8-;4-;2-;2-,3+/m0001/s1. The molecule has 0 radical (unpaired) electrons. The fourth-order valence-electron chi connectivity index (χ4n) is 1.77. The summed E-state index contributed by atoms with van der Waals surface area (Å²) in [7, 11) is 0. The number of aliphatic hydroxyl groups excluding tert-OH is 1. The molecule has 0 bridgehead atoms. The van der Waals surface area contributed by atoms with Gasteiger partial charge in [-0.25, -0.2) is 0 Å². The zero-order chi connectivity index (χ0) is 30.7. The van der Waals surface area contributed by atoms with Crippen LogP contribution in [0.1, 0.15) is 32.8 Å². The van der Waals surface area contributed by atoms with Gasteiger partial charge in [0.05, 0.1) is 12.5 Å². The van der Waals surface area contributed by atoms with E-state index in [1.807, 2.05) is 0 Å². The van der Waals surface area contributed by atoms with Gasteiger partial charge >= 0.3 is 23.9 Å². The third-order valence-corrected chi connectivity index (χ3v) is 4.26. The van der Waals surface area contributed by atoms with Crippen molar-refractivity contribution in [2.75, 3.05) is 0 Å². The van der Waals surface area contributed by atoms with Crippen molar-refractivity contribution in [1.82, 2.24) is 0 Å². The summed E-state index contributed by atoms with van der Waals surface area (Å²) in [6.07, 6.45) is -1.02. The van der Waals surface area contributed by atoms with Crippen molar-refractivity contribution in [2.45, 2.75) is 63.9 Å². The number of carboxylic acid groups (broad SMARTS) is 4. The van der Waals surface area contributed by atoms with E-state index in [9.17, 15) is 24.0 Å². The number of hydrogen-bond acceptors (Lipinski definition) is 11.